The van der Waals surface area contributed by atoms with Crippen molar-refractivity contribution < 1.29 is 63.4 Å². The number of benzene rings is 6. The minimum absolute atomic E-state index is 0.0265. The molecule has 0 heterocycles. The fourth-order valence-electron chi connectivity index (χ4n) is 5.29. The molecule has 0 unspecified atom stereocenters. The summed E-state index contributed by atoms with van der Waals surface area (Å²) in [5.74, 6) is -5.68. The number of nitrogen functional groups attached to an aromatic ring is 1. The second-order valence-corrected chi connectivity index (χ2v) is 12.3. The van der Waals surface area contributed by atoms with E-state index in [0.29, 0.717) is 22.8 Å². The number of rotatable bonds is 14. The fourth-order valence-corrected chi connectivity index (χ4v) is 5.29. The second-order valence-electron chi connectivity index (χ2n) is 12.3. The number of carboxylic acid groups (broad SMARTS) is 4. The van der Waals surface area contributed by atoms with Crippen LogP contribution in [-0.4, -0.2) is 56.1 Å². The summed E-state index contributed by atoms with van der Waals surface area (Å²) in [7, 11) is 0. The first kappa shape index (κ1) is 39.0. The third-order valence-corrected chi connectivity index (χ3v) is 8.04. The van der Waals surface area contributed by atoms with Crippen molar-refractivity contribution >= 4 is 52.8 Å². The molecule has 290 valence electrons. The van der Waals surface area contributed by atoms with E-state index in [-0.39, 0.29) is 62.1 Å². The largest absolute Gasteiger partial charge is 0.478 e. The Labute approximate surface area is 327 Å². The lowest BCUT2D eigenvalue weighted by Gasteiger charge is -2.13. The Kier molecular flexibility index (Phi) is 11.3. The third-order valence-electron chi connectivity index (χ3n) is 8.04. The van der Waals surface area contributed by atoms with E-state index in [9.17, 15) is 49.2 Å². The van der Waals surface area contributed by atoms with Crippen LogP contribution in [0.2, 0.25) is 0 Å². The fraction of sp³-hybridized carbons (Fsp3) is 0. The van der Waals surface area contributed by atoms with Crippen LogP contribution in [0.4, 0.5) is 17.1 Å². The minimum atomic E-state index is -1.33. The molecule has 6 aromatic carbocycles. The van der Waals surface area contributed by atoms with Gasteiger partial charge in [-0.1, -0.05) is 0 Å². The van der Waals surface area contributed by atoms with Crippen molar-refractivity contribution in [2.75, 3.05) is 16.4 Å². The maximum atomic E-state index is 13.5. The number of amides is 2. The highest BCUT2D eigenvalue weighted by Gasteiger charge is 2.18. The Balaban J connectivity index is 1.19. The van der Waals surface area contributed by atoms with Gasteiger partial charge in [0.2, 0.25) is 0 Å². The molecule has 0 aromatic heterocycles. The maximum absolute atomic E-state index is 13.5. The van der Waals surface area contributed by atoms with Gasteiger partial charge in [0.15, 0.2) is 0 Å². The molecule has 0 aliphatic carbocycles. The van der Waals surface area contributed by atoms with Gasteiger partial charge in [-0.2, -0.15) is 0 Å². The SMILES string of the molecule is Nc1ccc(Oc2cc(C(=O)Nc3ccc(Oc4cc(C(=O)O)cc(C(=O)O)c4)cc3)cc(C(=O)Nc3ccc(Oc4cc(C(=O)O)cc(C(=O)O)c4)cc3)c2)cc1. The zero-order valence-corrected chi connectivity index (χ0v) is 29.7. The number of carbonyl (C=O) groups is 6. The van der Waals surface area contributed by atoms with E-state index in [2.05, 4.69) is 10.6 Å². The van der Waals surface area contributed by atoms with E-state index in [1.807, 2.05) is 0 Å². The van der Waals surface area contributed by atoms with Crippen molar-refractivity contribution in [2.24, 2.45) is 0 Å². The summed E-state index contributed by atoms with van der Waals surface area (Å²) in [6.45, 7) is 0. The molecular formula is C42H29N3O13. The van der Waals surface area contributed by atoms with Crippen LogP contribution in [0.25, 0.3) is 0 Å². The van der Waals surface area contributed by atoms with Crippen molar-refractivity contribution in [2.45, 2.75) is 0 Å². The average Bonchev–Trinajstić information content (AvgIpc) is 3.19. The lowest BCUT2D eigenvalue weighted by Crippen LogP contribution is -2.16. The number of aromatic carboxylic acids is 4. The number of hydrogen-bond donors (Lipinski definition) is 7. The van der Waals surface area contributed by atoms with Crippen molar-refractivity contribution in [1.82, 2.24) is 0 Å². The summed E-state index contributed by atoms with van der Waals surface area (Å²) in [4.78, 5) is 72.9. The van der Waals surface area contributed by atoms with Crippen molar-refractivity contribution in [3.63, 3.8) is 0 Å². The Hall–Kier alpha value is -8.66. The number of carboxylic acids is 4. The second kappa shape index (κ2) is 16.8. The van der Waals surface area contributed by atoms with Gasteiger partial charge in [-0.25, -0.2) is 19.2 Å². The van der Waals surface area contributed by atoms with E-state index in [0.717, 1.165) is 12.1 Å². The molecule has 0 saturated heterocycles. The van der Waals surface area contributed by atoms with E-state index in [1.54, 1.807) is 24.3 Å². The van der Waals surface area contributed by atoms with Gasteiger partial charge in [-0.15, -0.1) is 0 Å². The topological polar surface area (TPSA) is 261 Å². The summed E-state index contributed by atoms with van der Waals surface area (Å²) in [6.07, 6.45) is 0. The van der Waals surface area contributed by atoms with Gasteiger partial charge in [0.05, 0.1) is 22.3 Å². The molecule has 0 radical (unpaired) electrons. The molecule has 0 aliphatic heterocycles. The molecule has 0 spiro atoms. The van der Waals surface area contributed by atoms with Crippen LogP contribution in [0.1, 0.15) is 62.1 Å². The highest BCUT2D eigenvalue weighted by Crippen LogP contribution is 2.30. The molecule has 16 nitrogen and oxygen atoms in total. The Morgan fingerprint density at radius 3 is 0.914 bits per heavy atom. The molecular weight excluding hydrogens is 754 g/mol. The summed E-state index contributed by atoms with van der Waals surface area (Å²) in [5, 5.41) is 42.8. The van der Waals surface area contributed by atoms with Crippen molar-refractivity contribution in [1.29, 1.82) is 0 Å². The summed E-state index contributed by atoms with van der Waals surface area (Å²) in [5.41, 5.74) is 5.88. The molecule has 0 bridgehead atoms. The van der Waals surface area contributed by atoms with Crippen LogP contribution in [0.5, 0.6) is 34.5 Å². The number of nitrogens with one attached hydrogen (secondary N) is 2. The first-order valence-corrected chi connectivity index (χ1v) is 16.8. The Bertz CT molecular complexity index is 2370. The summed E-state index contributed by atoms with van der Waals surface area (Å²) >= 11 is 0. The molecule has 0 aliphatic rings. The van der Waals surface area contributed by atoms with Crippen LogP contribution >= 0.6 is 0 Å². The van der Waals surface area contributed by atoms with Crippen molar-refractivity contribution in [3.8, 4) is 34.5 Å². The predicted octanol–water partition coefficient (Wildman–Crippen LogP) is 7.94. The molecule has 0 atom stereocenters. The normalized spacial score (nSPS) is 10.5. The van der Waals surface area contributed by atoms with Gasteiger partial charge >= 0.3 is 23.9 Å². The van der Waals surface area contributed by atoms with Crippen LogP contribution < -0.4 is 30.6 Å². The highest BCUT2D eigenvalue weighted by atomic mass is 16.5. The van der Waals surface area contributed by atoms with Gasteiger partial charge in [0, 0.05) is 28.2 Å². The number of anilines is 3. The molecule has 6 rings (SSSR count). The first-order valence-electron chi connectivity index (χ1n) is 16.8. The van der Waals surface area contributed by atoms with Crippen LogP contribution in [0.15, 0.2) is 127 Å². The van der Waals surface area contributed by atoms with E-state index < -0.39 is 35.7 Å². The highest BCUT2D eigenvalue weighted by molar-refractivity contribution is 6.09. The molecule has 16 heteroatoms. The molecule has 0 fully saturated rings. The minimum Gasteiger partial charge on any atom is -0.478 e. The van der Waals surface area contributed by atoms with Gasteiger partial charge < -0.3 is 51.0 Å². The van der Waals surface area contributed by atoms with Crippen LogP contribution in [0, 0.1) is 0 Å². The number of nitrogens with two attached hydrogens (primary N) is 1. The number of ether oxygens (including phenoxy) is 3. The van der Waals surface area contributed by atoms with Gasteiger partial charge in [0.25, 0.3) is 11.8 Å². The summed E-state index contributed by atoms with van der Waals surface area (Å²) < 4.78 is 17.3. The quantitative estimate of drug-likeness (QED) is 0.0517. The summed E-state index contributed by atoms with van der Waals surface area (Å²) in [6, 6.07) is 29.2. The zero-order valence-electron chi connectivity index (χ0n) is 29.7. The van der Waals surface area contributed by atoms with E-state index >= 15 is 0 Å². The molecule has 8 N–H and O–H groups in total. The number of hydrogen-bond acceptors (Lipinski definition) is 10. The molecule has 6 aromatic rings. The molecule has 0 saturated carbocycles. The monoisotopic (exact) mass is 783 g/mol. The van der Waals surface area contributed by atoms with E-state index in [4.69, 9.17) is 19.9 Å². The van der Waals surface area contributed by atoms with Crippen LogP contribution in [0.3, 0.4) is 0 Å². The van der Waals surface area contributed by atoms with Gasteiger partial charge in [-0.05, 0) is 127 Å². The molecule has 58 heavy (non-hydrogen) atoms. The Morgan fingerprint density at radius 1 is 0.362 bits per heavy atom. The average molecular weight is 784 g/mol. The first-order chi connectivity index (χ1) is 27.7. The van der Waals surface area contributed by atoms with Crippen LogP contribution in [-0.2, 0) is 0 Å². The van der Waals surface area contributed by atoms with Gasteiger partial charge in [0.1, 0.15) is 34.5 Å². The lowest BCUT2D eigenvalue weighted by molar-refractivity contribution is 0.0676. The smallest absolute Gasteiger partial charge is 0.335 e. The molecule has 2 amide bonds. The van der Waals surface area contributed by atoms with E-state index in [1.165, 1.54) is 91.0 Å². The standard InChI is InChI=1S/C42H29N3O13/c43-28-1-7-31(8-2-28)56-34-16-22(37(46)44-29-3-9-32(10-4-29)57-35-18-24(39(48)49)14-25(19-35)40(50)51)13-23(17-34)38(47)45-30-5-11-33(12-6-30)58-36-20-26(41(52)53)15-27(21-36)42(54)55/h1-21H,43H2,(H,44,46)(H,45,47)(H,48,49)(H,50,51)(H,52,53)(H,54,55). The zero-order chi connectivity index (χ0) is 41.5. The predicted molar refractivity (Wildman–Crippen MR) is 207 cm³/mol. The lowest BCUT2D eigenvalue weighted by atomic mass is 10.1. The maximum Gasteiger partial charge on any atom is 0.335 e. The third kappa shape index (κ3) is 9.90. The Morgan fingerprint density at radius 2 is 0.621 bits per heavy atom. The van der Waals surface area contributed by atoms with Gasteiger partial charge in [-0.3, -0.25) is 9.59 Å². The van der Waals surface area contributed by atoms with Crippen molar-refractivity contribution in [3.05, 3.63) is 161 Å². The number of carbonyl (C=O) groups excluding carboxylic acids is 2.